The van der Waals surface area contributed by atoms with Gasteiger partial charge in [0, 0.05) is 37.8 Å². The van der Waals surface area contributed by atoms with E-state index in [1.165, 1.54) is 10.7 Å². The minimum atomic E-state index is -3.54. The molecule has 1 aliphatic carbocycles. The van der Waals surface area contributed by atoms with Crippen LogP contribution in [0.1, 0.15) is 67.8 Å². The largest absolute Gasteiger partial charge is 0.497 e. The Morgan fingerprint density at radius 3 is 2.17 bits per heavy atom. The highest BCUT2D eigenvalue weighted by molar-refractivity contribution is 7.89. The van der Waals surface area contributed by atoms with Crippen molar-refractivity contribution in [3.8, 4) is 5.75 Å². The van der Waals surface area contributed by atoms with Crippen molar-refractivity contribution in [2.24, 2.45) is 5.92 Å². The molecule has 0 radical (unpaired) electrons. The maximum absolute atomic E-state index is 13.9. The molecule has 1 saturated heterocycles. The normalized spacial score (nSPS) is 17.1. The molecule has 0 atom stereocenters. The van der Waals surface area contributed by atoms with E-state index in [1.807, 2.05) is 64.4 Å². The van der Waals surface area contributed by atoms with Gasteiger partial charge in [-0.25, -0.2) is 8.42 Å². The van der Waals surface area contributed by atoms with E-state index < -0.39 is 10.0 Å². The third-order valence-corrected chi connectivity index (χ3v) is 10.1. The number of benzene rings is 2. The fraction of sp³-hybridized carbons (Fsp3) is 0.548. The van der Waals surface area contributed by atoms with E-state index in [0.717, 1.165) is 37.0 Å². The third-order valence-electron chi connectivity index (χ3n) is 8.30. The van der Waals surface area contributed by atoms with Crippen molar-refractivity contribution in [3.05, 3.63) is 65.7 Å². The van der Waals surface area contributed by atoms with Gasteiger partial charge in [-0.15, -0.1) is 0 Å². The Morgan fingerprint density at radius 1 is 0.925 bits per heavy atom. The first kappa shape index (κ1) is 30.1. The van der Waals surface area contributed by atoms with E-state index >= 15 is 0 Å². The highest BCUT2D eigenvalue weighted by Gasteiger charge is 2.33. The first-order valence-electron chi connectivity index (χ1n) is 14.5. The number of nitrogens with zero attached hydrogens (tertiary/aromatic N) is 3. The standard InChI is InChI=1S/C31H43N3O5S/c1-3-40(37,38)33(22-25-10-6-4-7-11-25)24-30(35)34(23-26-14-16-29(39-2)17-15-26)28-18-20-32(21-19-28)31(36)27-12-8-5-9-13-27/h5,8-9,12-17,25,28H,3-4,6-7,10-11,18-24H2,1-2H3. The van der Waals surface area contributed by atoms with Crippen LogP contribution in [0.25, 0.3) is 0 Å². The van der Waals surface area contributed by atoms with Crippen LogP contribution in [0, 0.1) is 5.92 Å². The fourth-order valence-corrected chi connectivity index (χ4v) is 6.96. The van der Waals surface area contributed by atoms with Crippen molar-refractivity contribution < 1.29 is 22.7 Å². The second-order valence-electron chi connectivity index (χ2n) is 11.0. The molecule has 1 saturated carbocycles. The number of hydrogen-bond donors (Lipinski definition) is 0. The molecule has 1 heterocycles. The SMILES string of the molecule is CCS(=O)(=O)N(CC(=O)N(Cc1ccc(OC)cc1)C1CCN(C(=O)c2ccccc2)CC1)CC1CCCCC1. The summed E-state index contributed by atoms with van der Waals surface area (Å²) in [6.45, 7) is 3.37. The van der Waals surface area contributed by atoms with Crippen LogP contribution in [0.3, 0.4) is 0 Å². The zero-order chi connectivity index (χ0) is 28.5. The zero-order valence-electron chi connectivity index (χ0n) is 23.8. The summed E-state index contributed by atoms with van der Waals surface area (Å²) in [4.78, 5) is 30.6. The maximum atomic E-state index is 13.9. The van der Waals surface area contributed by atoms with Gasteiger partial charge < -0.3 is 14.5 Å². The van der Waals surface area contributed by atoms with Crippen LogP contribution >= 0.6 is 0 Å². The molecule has 2 aromatic carbocycles. The smallest absolute Gasteiger partial charge is 0.253 e. The minimum absolute atomic E-state index is 0.000206. The molecule has 0 unspecified atom stereocenters. The molecule has 0 aromatic heterocycles. The van der Waals surface area contributed by atoms with Crippen molar-refractivity contribution in [3.63, 3.8) is 0 Å². The quantitative estimate of drug-likeness (QED) is 0.396. The summed E-state index contributed by atoms with van der Waals surface area (Å²) in [5.74, 6) is 0.828. The molecule has 0 N–H and O–H groups in total. The summed E-state index contributed by atoms with van der Waals surface area (Å²) in [7, 11) is -1.92. The predicted octanol–water partition coefficient (Wildman–Crippen LogP) is 4.56. The maximum Gasteiger partial charge on any atom is 0.253 e. The van der Waals surface area contributed by atoms with Gasteiger partial charge in [0.2, 0.25) is 15.9 Å². The highest BCUT2D eigenvalue weighted by atomic mass is 32.2. The first-order chi connectivity index (χ1) is 19.3. The van der Waals surface area contributed by atoms with E-state index in [4.69, 9.17) is 4.74 Å². The molecule has 8 nitrogen and oxygen atoms in total. The van der Waals surface area contributed by atoms with Gasteiger partial charge in [-0.3, -0.25) is 9.59 Å². The first-order valence-corrected chi connectivity index (χ1v) is 16.2. The molecule has 2 amide bonds. The van der Waals surface area contributed by atoms with Crippen molar-refractivity contribution in [2.45, 2.75) is 64.5 Å². The van der Waals surface area contributed by atoms with Crippen LogP contribution in [0.4, 0.5) is 0 Å². The number of likely N-dealkylation sites (tertiary alicyclic amines) is 1. The van der Waals surface area contributed by atoms with Crippen LogP contribution in [0.15, 0.2) is 54.6 Å². The van der Waals surface area contributed by atoms with Crippen molar-refractivity contribution in [2.75, 3.05) is 39.0 Å². The lowest BCUT2D eigenvalue weighted by molar-refractivity contribution is -0.135. The van der Waals surface area contributed by atoms with Gasteiger partial charge in [-0.1, -0.05) is 49.6 Å². The van der Waals surface area contributed by atoms with E-state index in [2.05, 4.69) is 0 Å². The number of carbonyl (C=O) groups is 2. The number of piperidine rings is 1. The number of rotatable bonds is 11. The monoisotopic (exact) mass is 569 g/mol. The topological polar surface area (TPSA) is 87.2 Å². The lowest BCUT2D eigenvalue weighted by atomic mass is 9.89. The average Bonchev–Trinajstić information content (AvgIpc) is 3.00. The molecular weight excluding hydrogens is 526 g/mol. The summed E-state index contributed by atoms with van der Waals surface area (Å²) < 4.78 is 32.9. The van der Waals surface area contributed by atoms with Gasteiger partial charge >= 0.3 is 0 Å². The summed E-state index contributed by atoms with van der Waals surface area (Å²) >= 11 is 0. The van der Waals surface area contributed by atoms with Crippen LogP contribution in [-0.4, -0.2) is 79.4 Å². The number of carbonyl (C=O) groups excluding carboxylic acids is 2. The third kappa shape index (κ3) is 7.85. The van der Waals surface area contributed by atoms with Crippen LogP contribution in [0.5, 0.6) is 5.75 Å². The van der Waals surface area contributed by atoms with Crippen molar-refractivity contribution >= 4 is 21.8 Å². The molecule has 0 spiro atoms. The Hall–Kier alpha value is -2.91. The van der Waals surface area contributed by atoms with Gasteiger partial charge in [0.15, 0.2) is 0 Å². The fourth-order valence-electron chi connectivity index (χ4n) is 5.85. The molecule has 1 aliphatic heterocycles. The summed E-state index contributed by atoms with van der Waals surface area (Å²) in [6.07, 6.45) is 6.72. The molecule has 0 bridgehead atoms. The van der Waals surface area contributed by atoms with Crippen molar-refractivity contribution in [1.82, 2.24) is 14.1 Å². The van der Waals surface area contributed by atoms with E-state index in [1.54, 1.807) is 14.0 Å². The lowest BCUT2D eigenvalue weighted by Gasteiger charge is -2.39. The Morgan fingerprint density at radius 2 is 1.57 bits per heavy atom. The molecule has 9 heteroatoms. The average molecular weight is 570 g/mol. The van der Waals surface area contributed by atoms with E-state index in [9.17, 15) is 18.0 Å². The second-order valence-corrected chi connectivity index (χ2v) is 13.2. The van der Waals surface area contributed by atoms with Gasteiger partial charge in [-0.2, -0.15) is 4.31 Å². The molecular formula is C31H43N3O5S. The Balaban J connectivity index is 1.50. The predicted molar refractivity (Wildman–Crippen MR) is 157 cm³/mol. The molecule has 4 rings (SSSR count). The Labute approximate surface area is 239 Å². The highest BCUT2D eigenvalue weighted by Crippen LogP contribution is 2.27. The van der Waals surface area contributed by atoms with Crippen molar-refractivity contribution in [1.29, 1.82) is 0 Å². The van der Waals surface area contributed by atoms with Gasteiger partial charge in [0.05, 0.1) is 19.4 Å². The summed E-state index contributed by atoms with van der Waals surface area (Å²) in [5.41, 5.74) is 1.62. The summed E-state index contributed by atoms with van der Waals surface area (Å²) in [6, 6.07) is 16.8. The van der Waals surface area contributed by atoms with Crippen LogP contribution in [-0.2, 0) is 21.4 Å². The molecule has 2 aliphatic rings. The van der Waals surface area contributed by atoms with Gasteiger partial charge in [0.1, 0.15) is 5.75 Å². The van der Waals surface area contributed by atoms with Gasteiger partial charge in [0.25, 0.3) is 5.91 Å². The summed E-state index contributed by atoms with van der Waals surface area (Å²) in [5, 5.41) is 0. The zero-order valence-corrected chi connectivity index (χ0v) is 24.7. The minimum Gasteiger partial charge on any atom is -0.497 e. The van der Waals surface area contributed by atoms with Gasteiger partial charge in [-0.05, 0) is 68.4 Å². The van der Waals surface area contributed by atoms with Crippen LogP contribution in [0.2, 0.25) is 0 Å². The number of amides is 2. The number of hydrogen-bond acceptors (Lipinski definition) is 5. The Kier molecular flexibility index (Phi) is 10.6. The number of methoxy groups -OCH3 is 1. The number of sulfonamides is 1. The van der Waals surface area contributed by atoms with E-state index in [0.29, 0.717) is 50.5 Å². The molecule has 218 valence electrons. The lowest BCUT2D eigenvalue weighted by Crippen LogP contribution is -2.52. The Bertz CT molecular complexity index is 1210. The molecule has 2 fully saturated rings. The number of ether oxygens (including phenoxy) is 1. The molecule has 40 heavy (non-hydrogen) atoms. The van der Waals surface area contributed by atoms with E-state index in [-0.39, 0.29) is 30.2 Å². The van der Waals surface area contributed by atoms with Crippen LogP contribution < -0.4 is 4.74 Å². The molecule has 2 aromatic rings. The second kappa shape index (κ2) is 14.1.